The van der Waals surface area contributed by atoms with E-state index in [4.69, 9.17) is 22.9 Å². The Kier molecular flexibility index (Phi) is 19.8. The smallest absolute Gasteiger partial charge is 0.243 e. The van der Waals surface area contributed by atoms with Crippen molar-refractivity contribution in [3.8, 4) is 0 Å². The maximum Gasteiger partial charge on any atom is 0.243 e. The monoisotopic (exact) mass is 656 g/mol. The van der Waals surface area contributed by atoms with Crippen LogP contribution in [0.1, 0.15) is 73.6 Å². The number of aliphatic hydroxyl groups excluding tert-OH is 1. The average molecular weight is 657 g/mol. The first-order chi connectivity index (χ1) is 21.4. The van der Waals surface area contributed by atoms with Gasteiger partial charge in [-0.15, -0.1) is 0 Å². The van der Waals surface area contributed by atoms with Gasteiger partial charge in [-0.3, -0.25) is 33.8 Å². The lowest BCUT2D eigenvalue weighted by Crippen LogP contribution is -2.59. The van der Waals surface area contributed by atoms with Crippen LogP contribution in [0.3, 0.4) is 0 Å². The zero-order valence-electron chi connectivity index (χ0n) is 27.9. The maximum atomic E-state index is 13.3. The Bertz CT molecular complexity index is 1050. The first kappa shape index (κ1) is 42.0. The van der Waals surface area contributed by atoms with Gasteiger partial charge in [-0.25, -0.2) is 0 Å². The van der Waals surface area contributed by atoms with Crippen LogP contribution in [-0.2, 0) is 28.8 Å². The SMILES string of the molecule is CC[C@H](C)[C@H](NC(=O)CNC(=O)[C@H](CCCN=C(N)N)NC(=O)[C@H](N)CC(C)C)C(=O)N[C@H](CC(C)C)C(=O)N[C@H](CO)C(N)=O. The average Bonchev–Trinajstić information content (AvgIpc) is 2.96. The van der Waals surface area contributed by atoms with Crippen molar-refractivity contribution in [1.29, 1.82) is 0 Å². The van der Waals surface area contributed by atoms with Crippen molar-refractivity contribution in [1.82, 2.24) is 26.6 Å². The van der Waals surface area contributed by atoms with Crippen molar-refractivity contribution < 1.29 is 33.9 Å². The first-order valence-corrected chi connectivity index (χ1v) is 15.6. The van der Waals surface area contributed by atoms with Crippen LogP contribution in [0, 0.1) is 17.8 Å². The Hall–Kier alpha value is -3.99. The lowest BCUT2D eigenvalue weighted by molar-refractivity contribution is -0.135. The Morgan fingerprint density at radius 1 is 0.739 bits per heavy atom. The van der Waals surface area contributed by atoms with Gasteiger partial charge >= 0.3 is 0 Å². The fraction of sp³-hybridized carbons (Fsp3) is 0.759. The molecule has 0 unspecified atom stereocenters. The van der Waals surface area contributed by atoms with E-state index in [0.29, 0.717) is 19.3 Å². The number of hydrogen-bond donors (Lipinski definition) is 10. The summed E-state index contributed by atoms with van der Waals surface area (Å²) in [6, 6.07) is -5.36. The van der Waals surface area contributed by atoms with Gasteiger partial charge in [-0.1, -0.05) is 48.0 Å². The second-order valence-corrected chi connectivity index (χ2v) is 12.2. The molecule has 0 rings (SSSR count). The molecule has 0 aliphatic rings. The van der Waals surface area contributed by atoms with Gasteiger partial charge in [0.05, 0.1) is 19.2 Å². The molecule has 0 heterocycles. The third-order valence-corrected chi connectivity index (χ3v) is 7.06. The molecule has 0 saturated carbocycles. The minimum Gasteiger partial charge on any atom is -0.394 e. The molecule has 46 heavy (non-hydrogen) atoms. The number of guanidine groups is 1. The predicted octanol–water partition coefficient (Wildman–Crippen LogP) is -2.96. The molecular weight excluding hydrogens is 600 g/mol. The Morgan fingerprint density at radius 2 is 1.30 bits per heavy atom. The van der Waals surface area contributed by atoms with E-state index in [1.54, 1.807) is 6.92 Å². The van der Waals surface area contributed by atoms with Crippen LogP contribution < -0.4 is 49.5 Å². The van der Waals surface area contributed by atoms with Crippen LogP contribution in [0.5, 0.6) is 0 Å². The van der Waals surface area contributed by atoms with Crippen molar-refractivity contribution in [3.63, 3.8) is 0 Å². The number of aliphatic imine (C=N–C) groups is 1. The summed E-state index contributed by atoms with van der Waals surface area (Å²) in [4.78, 5) is 80.2. The largest absolute Gasteiger partial charge is 0.394 e. The van der Waals surface area contributed by atoms with E-state index in [0.717, 1.165) is 0 Å². The molecular formula is C29H56N10O7. The topological polar surface area (TPSA) is 299 Å². The normalized spacial score (nSPS) is 15.0. The lowest BCUT2D eigenvalue weighted by atomic mass is 9.96. The lowest BCUT2D eigenvalue weighted by Gasteiger charge is -2.28. The van der Waals surface area contributed by atoms with Crippen LogP contribution in [0.25, 0.3) is 0 Å². The number of amides is 6. The van der Waals surface area contributed by atoms with E-state index in [1.165, 1.54) is 0 Å². The highest BCUT2D eigenvalue weighted by Crippen LogP contribution is 2.11. The summed E-state index contributed by atoms with van der Waals surface area (Å²) in [6.45, 7) is 10.0. The maximum absolute atomic E-state index is 13.3. The number of nitrogens with one attached hydrogen (secondary N) is 5. The molecule has 0 aliphatic carbocycles. The van der Waals surface area contributed by atoms with Gasteiger partial charge in [0.2, 0.25) is 35.4 Å². The van der Waals surface area contributed by atoms with Crippen molar-refractivity contribution in [2.45, 2.75) is 104 Å². The van der Waals surface area contributed by atoms with Gasteiger partial charge in [0.1, 0.15) is 24.2 Å². The quantitative estimate of drug-likeness (QED) is 0.0321. The number of rotatable bonds is 22. The van der Waals surface area contributed by atoms with Crippen molar-refractivity contribution in [2.75, 3.05) is 19.7 Å². The molecule has 0 radical (unpaired) electrons. The van der Waals surface area contributed by atoms with Gasteiger partial charge in [-0.2, -0.15) is 0 Å². The molecule has 0 spiro atoms. The standard InChI is InChI=1S/C29H56N10O7/c1-7-17(6)23(28(46)37-20(12-16(4)5)27(45)38-21(14-40)24(31)42)39-22(41)13-35-26(44)19(9-8-10-34-29(32)33)36-25(43)18(30)11-15(2)3/h15-21,23,40H,7-14,30H2,1-6H3,(H2,31,42)(H,35,44)(H,36,43)(H,37,46)(H,38,45)(H,39,41)(H4,32,33,34)/t17-,18+,19-,20+,21+,23-/m0/s1. The summed E-state index contributed by atoms with van der Waals surface area (Å²) in [6.07, 6.45) is 1.60. The highest BCUT2D eigenvalue weighted by Gasteiger charge is 2.32. The molecule has 17 nitrogen and oxygen atoms in total. The van der Waals surface area contributed by atoms with E-state index in [2.05, 4.69) is 31.6 Å². The fourth-order valence-corrected chi connectivity index (χ4v) is 4.33. The second kappa shape index (κ2) is 21.7. The molecule has 14 N–H and O–H groups in total. The summed E-state index contributed by atoms with van der Waals surface area (Å²) in [5.41, 5.74) is 21.9. The van der Waals surface area contributed by atoms with E-state index in [9.17, 15) is 33.9 Å². The van der Waals surface area contributed by atoms with Gasteiger partial charge in [0.15, 0.2) is 5.96 Å². The Balaban J connectivity index is 5.62. The molecule has 17 heteroatoms. The van der Waals surface area contributed by atoms with Crippen molar-refractivity contribution >= 4 is 41.4 Å². The summed E-state index contributed by atoms with van der Waals surface area (Å²) in [5.74, 6) is -4.54. The van der Waals surface area contributed by atoms with Crippen LogP contribution in [-0.4, -0.2) is 96.4 Å². The number of carbonyl (C=O) groups is 6. The van der Waals surface area contributed by atoms with E-state index >= 15 is 0 Å². The number of primary amides is 1. The molecule has 0 fully saturated rings. The summed E-state index contributed by atoms with van der Waals surface area (Å²) in [5, 5.41) is 22.0. The predicted molar refractivity (Wildman–Crippen MR) is 173 cm³/mol. The first-order valence-electron chi connectivity index (χ1n) is 15.6. The summed E-state index contributed by atoms with van der Waals surface area (Å²) < 4.78 is 0. The molecule has 6 atom stereocenters. The van der Waals surface area contributed by atoms with Crippen LogP contribution >= 0.6 is 0 Å². The van der Waals surface area contributed by atoms with Crippen molar-refractivity contribution in [2.24, 2.45) is 45.7 Å². The Morgan fingerprint density at radius 3 is 1.80 bits per heavy atom. The van der Waals surface area contributed by atoms with E-state index in [-0.39, 0.29) is 43.1 Å². The molecule has 0 bridgehead atoms. The van der Waals surface area contributed by atoms with Crippen LogP contribution in [0.4, 0.5) is 0 Å². The third kappa shape index (κ3) is 16.9. The summed E-state index contributed by atoms with van der Waals surface area (Å²) >= 11 is 0. The molecule has 0 aromatic carbocycles. The molecule has 0 saturated heterocycles. The molecule has 0 aromatic heterocycles. The Labute approximate surface area is 271 Å². The zero-order valence-corrected chi connectivity index (χ0v) is 27.9. The van der Waals surface area contributed by atoms with Gasteiger partial charge in [-0.05, 0) is 43.4 Å². The highest BCUT2D eigenvalue weighted by atomic mass is 16.3. The van der Waals surface area contributed by atoms with Crippen molar-refractivity contribution in [3.05, 3.63) is 0 Å². The van der Waals surface area contributed by atoms with E-state index < -0.39 is 78.8 Å². The number of nitrogens with two attached hydrogens (primary N) is 4. The minimum absolute atomic E-state index is 0.0446. The molecule has 6 amide bonds. The van der Waals surface area contributed by atoms with Gasteiger partial charge in [0.25, 0.3) is 0 Å². The van der Waals surface area contributed by atoms with Crippen LogP contribution in [0.2, 0.25) is 0 Å². The van der Waals surface area contributed by atoms with E-state index in [1.807, 2.05) is 34.6 Å². The summed E-state index contributed by atoms with van der Waals surface area (Å²) in [7, 11) is 0. The van der Waals surface area contributed by atoms with Gasteiger partial charge < -0.3 is 54.6 Å². The van der Waals surface area contributed by atoms with Gasteiger partial charge in [0, 0.05) is 6.54 Å². The molecule has 0 aromatic rings. The number of nitrogens with zero attached hydrogens (tertiary/aromatic N) is 1. The minimum atomic E-state index is -1.33. The zero-order chi connectivity index (χ0) is 35.6. The number of aliphatic hydroxyl groups is 1. The van der Waals surface area contributed by atoms with Crippen LogP contribution in [0.15, 0.2) is 4.99 Å². The fourth-order valence-electron chi connectivity index (χ4n) is 4.33. The highest BCUT2D eigenvalue weighted by molar-refractivity contribution is 5.95. The number of hydrogen-bond acceptors (Lipinski definition) is 9. The third-order valence-electron chi connectivity index (χ3n) is 7.06. The molecule has 0 aliphatic heterocycles. The molecule has 264 valence electrons. The number of carbonyl (C=O) groups excluding carboxylic acids is 6. The second-order valence-electron chi connectivity index (χ2n) is 12.2.